The van der Waals surface area contributed by atoms with Crippen molar-refractivity contribution in [1.29, 1.82) is 0 Å². The van der Waals surface area contributed by atoms with Gasteiger partial charge in [0.25, 0.3) is 0 Å². The maximum atomic E-state index is 6.63. The summed E-state index contributed by atoms with van der Waals surface area (Å²) in [5.41, 5.74) is 13.1. The quantitative estimate of drug-likeness (QED) is 0.148. The summed E-state index contributed by atoms with van der Waals surface area (Å²) in [5.74, 6) is 1.57. The van der Waals surface area contributed by atoms with Crippen molar-refractivity contribution in [3.63, 3.8) is 0 Å². The first kappa shape index (κ1) is 27.0. The summed E-state index contributed by atoms with van der Waals surface area (Å²) < 4.78 is 3.22. The summed E-state index contributed by atoms with van der Waals surface area (Å²) in [6, 6.07) is 27.1. The van der Waals surface area contributed by atoms with Gasteiger partial charge in [0.1, 0.15) is 5.82 Å². The third-order valence-electron chi connectivity index (χ3n) is 8.27. The predicted octanol–water partition coefficient (Wildman–Crippen LogP) is 6.57. The zero-order valence-corrected chi connectivity index (χ0v) is 25.0. The van der Waals surface area contributed by atoms with Crippen LogP contribution in [0.1, 0.15) is 36.9 Å². The third-order valence-corrected chi connectivity index (χ3v) is 8.78. The van der Waals surface area contributed by atoms with Gasteiger partial charge >= 0.3 is 0 Å². The van der Waals surface area contributed by atoms with Gasteiger partial charge in [0.05, 0.1) is 40.3 Å². The van der Waals surface area contributed by atoms with E-state index in [1.54, 1.807) is 0 Å². The van der Waals surface area contributed by atoms with Crippen molar-refractivity contribution >= 4 is 45.9 Å². The molecule has 206 valence electrons. The summed E-state index contributed by atoms with van der Waals surface area (Å²) >= 11 is 2.14. The van der Waals surface area contributed by atoms with E-state index in [1.807, 2.05) is 42.6 Å². The number of nitrogens with zero attached hydrogens (tertiary/aromatic N) is 4. The second-order valence-electron chi connectivity index (χ2n) is 11.1. The lowest BCUT2D eigenvalue weighted by molar-refractivity contribution is -0.0229. The first-order valence-corrected chi connectivity index (χ1v) is 15.1. The van der Waals surface area contributed by atoms with Gasteiger partial charge in [-0.3, -0.25) is 4.90 Å². The smallest absolute Gasteiger partial charge is 0.157 e. The number of piperidine rings is 1. The Morgan fingerprint density at radius 3 is 2.58 bits per heavy atom. The van der Waals surface area contributed by atoms with E-state index in [2.05, 4.69) is 95.9 Å². The number of pyridine rings is 2. The van der Waals surface area contributed by atoms with Gasteiger partial charge in [-0.05, 0) is 62.2 Å². The van der Waals surface area contributed by atoms with Crippen molar-refractivity contribution in [2.45, 2.75) is 32.4 Å². The Balaban J connectivity index is 1.32. The number of nitrogen functional groups attached to an aromatic ring is 1. The van der Waals surface area contributed by atoms with Crippen LogP contribution in [0.15, 0.2) is 85.1 Å². The molecule has 8 heteroatoms. The largest absolute Gasteiger partial charge is 0.396 e. The van der Waals surface area contributed by atoms with Crippen LogP contribution in [-0.4, -0.2) is 41.0 Å². The Morgan fingerprint density at radius 2 is 1.85 bits per heavy atom. The lowest BCUT2D eigenvalue weighted by Crippen LogP contribution is -2.61. The maximum absolute atomic E-state index is 6.63. The van der Waals surface area contributed by atoms with Gasteiger partial charge in [-0.1, -0.05) is 48.5 Å². The van der Waals surface area contributed by atoms with Crippen molar-refractivity contribution in [3.05, 3.63) is 96.2 Å². The van der Waals surface area contributed by atoms with E-state index < -0.39 is 0 Å². The van der Waals surface area contributed by atoms with Crippen molar-refractivity contribution in [2.24, 2.45) is 5.41 Å². The molecule has 4 N–H and O–H groups in total. The average molecular weight is 646 g/mol. The standard InChI is InChI=1S/C32H36IN7/c1-23(27-9-5-18-36-30(27)38-33)40(31-28(34)14-15-29(37-31)25-7-3-2-4-8-25)26-12-10-24(11-13-26)19-39-21-32(22-39)16-6-17-35-20-32/h2-5,7-15,18,23,35H,6,16-17,19-22,34H2,1H3,(H,36,38). The highest BCUT2D eigenvalue weighted by atomic mass is 127. The van der Waals surface area contributed by atoms with Crippen LogP contribution in [0.4, 0.5) is 23.0 Å². The minimum Gasteiger partial charge on any atom is -0.396 e. The number of benzene rings is 2. The molecule has 1 unspecified atom stereocenters. The van der Waals surface area contributed by atoms with E-state index in [1.165, 1.54) is 38.0 Å². The molecule has 0 radical (unpaired) electrons. The van der Waals surface area contributed by atoms with Gasteiger partial charge in [-0.25, -0.2) is 9.97 Å². The van der Waals surface area contributed by atoms with E-state index in [4.69, 9.17) is 10.7 Å². The third kappa shape index (κ3) is 5.53. The SMILES string of the molecule is CC(c1cccnc1NI)N(c1ccc(CN2CC3(CCCNC3)C2)cc1)c1nc(-c2ccccc2)ccc1N. The number of nitrogens with one attached hydrogen (secondary N) is 2. The van der Waals surface area contributed by atoms with Gasteiger partial charge in [0, 0.05) is 54.6 Å². The molecule has 2 fully saturated rings. The van der Waals surface area contributed by atoms with E-state index >= 15 is 0 Å². The molecule has 1 spiro atoms. The number of nitrogens with two attached hydrogens (primary N) is 1. The molecule has 2 aliphatic rings. The summed E-state index contributed by atoms with van der Waals surface area (Å²) in [5, 5.41) is 3.59. The normalized spacial score (nSPS) is 17.2. The molecular formula is C32H36IN7. The van der Waals surface area contributed by atoms with E-state index in [-0.39, 0.29) is 6.04 Å². The van der Waals surface area contributed by atoms with Crippen LogP contribution in [0.3, 0.4) is 0 Å². The molecule has 4 heterocycles. The Morgan fingerprint density at radius 1 is 1.05 bits per heavy atom. The maximum Gasteiger partial charge on any atom is 0.157 e. The van der Waals surface area contributed by atoms with Gasteiger partial charge < -0.3 is 19.5 Å². The molecule has 2 aromatic heterocycles. The van der Waals surface area contributed by atoms with Crippen LogP contribution < -0.4 is 19.5 Å². The van der Waals surface area contributed by atoms with Crippen LogP contribution >= 0.6 is 22.9 Å². The highest BCUT2D eigenvalue weighted by molar-refractivity contribution is 14.1. The molecule has 40 heavy (non-hydrogen) atoms. The van der Waals surface area contributed by atoms with Gasteiger partial charge in [0.15, 0.2) is 5.82 Å². The van der Waals surface area contributed by atoms with Gasteiger partial charge in [-0.2, -0.15) is 0 Å². The Bertz CT molecular complexity index is 1430. The summed E-state index contributed by atoms with van der Waals surface area (Å²) in [6.07, 6.45) is 4.45. The molecule has 0 aliphatic carbocycles. The molecule has 4 aromatic rings. The lowest BCUT2D eigenvalue weighted by Gasteiger charge is -2.52. The number of hydrogen-bond donors (Lipinski definition) is 3. The van der Waals surface area contributed by atoms with Crippen LogP contribution in [-0.2, 0) is 6.54 Å². The van der Waals surface area contributed by atoms with Crippen molar-refractivity contribution in [3.8, 4) is 11.3 Å². The van der Waals surface area contributed by atoms with E-state index in [0.29, 0.717) is 11.1 Å². The lowest BCUT2D eigenvalue weighted by atomic mass is 9.74. The molecule has 2 saturated heterocycles. The number of likely N-dealkylation sites (tertiary alicyclic amines) is 1. The second-order valence-corrected chi connectivity index (χ2v) is 11.7. The molecule has 2 aromatic carbocycles. The zero-order chi connectivity index (χ0) is 27.5. The minimum absolute atomic E-state index is 0.0771. The number of anilines is 4. The molecule has 0 saturated carbocycles. The number of rotatable bonds is 8. The minimum atomic E-state index is -0.0771. The number of hydrogen-bond acceptors (Lipinski definition) is 7. The fraction of sp³-hybridized carbons (Fsp3) is 0.312. The highest BCUT2D eigenvalue weighted by Crippen LogP contribution is 2.41. The number of halogens is 1. The summed E-state index contributed by atoms with van der Waals surface area (Å²) in [6.45, 7) is 7.85. The topological polar surface area (TPSA) is 82.3 Å². The van der Waals surface area contributed by atoms with E-state index in [9.17, 15) is 0 Å². The zero-order valence-electron chi connectivity index (χ0n) is 22.9. The molecule has 7 nitrogen and oxygen atoms in total. The Kier molecular flexibility index (Phi) is 7.91. The average Bonchev–Trinajstić information content (AvgIpc) is 2.99. The number of aromatic nitrogens is 2. The van der Waals surface area contributed by atoms with Gasteiger partial charge in [0.2, 0.25) is 0 Å². The molecule has 1 atom stereocenters. The molecule has 6 rings (SSSR count). The van der Waals surface area contributed by atoms with Crippen LogP contribution in [0.5, 0.6) is 0 Å². The fourth-order valence-electron chi connectivity index (χ4n) is 6.26. The van der Waals surface area contributed by atoms with E-state index in [0.717, 1.165) is 47.2 Å². The molecule has 0 amide bonds. The van der Waals surface area contributed by atoms with Crippen molar-refractivity contribution in [2.75, 3.05) is 40.3 Å². The second kappa shape index (κ2) is 11.7. The fourth-order valence-corrected chi connectivity index (χ4v) is 6.71. The predicted molar refractivity (Wildman–Crippen MR) is 173 cm³/mol. The van der Waals surface area contributed by atoms with Crippen LogP contribution in [0, 0.1) is 5.41 Å². The first-order valence-electron chi connectivity index (χ1n) is 14.0. The highest BCUT2D eigenvalue weighted by Gasteiger charge is 2.43. The Hall–Kier alpha value is -3.21. The summed E-state index contributed by atoms with van der Waals surface area (Å²) in [7, 11) is 0. The monoisotopic (exact) mass is 645 g/mol. The van der Waals surface area contributed by atoms with Crippen molar-refractivity contribution < 1.29 is 0 Å². The van der Waals surface area contributed by atoms with Crippen LogP contribution in [0.25, 0.3) is 11.3 Å². The first-order chi connectivity index (χ1) is 19.5. The van der Waals surface area contributed by atoms with Crippen LogP contribution in [0.2, 0.25) is 0 Å². The molecule has 0 bridgehead atoms. The molecular weight excluding hydrogens is 609 g/mol. The Labute approximate surface area is 250 Å². The molecule has 2 aliphatic heterocycles. The van der Waals surface area contributed by atoms with Gasteiger partial charge in [-0.15, -0.1) is 0 Å². The summed E-state index contributed by atoms with van der Waals surface area (Å²) in [4.78, 5) is 14.5. The van der Waals surface area contributed by atoms with Crippen molar-refractivity contribution in [1.82, 2.24) is 20.2 Å².